The number of nitrogens with zero attached hydrogens (tertiary/aromatic N) is 3. The minimum Gasteiger partial charge on any atom is -0.177 e. The third-order valence-electron chi connectivity index (χ3n) is 4.85. The molecule has 85 valence electrons. The van der Waals surface area contributed by atoms with Crippen LogP contribution in [-0.4, -0.2) is 20.6 Å². The molecular formula is C12H17N4. The normalized spacial score (nSPS) is 45.1. The average molecular weight is 217 g/mol. The maximum Gasteiger partial charge on any atom is 0.175 e. The smallest absolute Gasteiger partial charge is 0.175 e. The molecule has 0 amide bonds. The number of aromatic nitrogens is 4. The maximum atomic E-state index is 4.13. The Morgan fingerprint density at radius 2 is 2.06 bits per heavy atom. The van der Waals surface area contributed by atoms with Crippen LogP contribution < -0.4 is 0 Å². The zero-order valence-corrected chi connectivity index (χ0v) is 9.39. The largest absolute Gasteiger partial charge is 0.177 e. The van der Waals surface area contributed by atoms with Gasteiger partial charge in [0.25, 0.3) is 0 Å². The van der Waals surface area contributed by atoms with Crippen molar-refractivity contribution in [2.45, 2.75) is 38.5 Å². The predicted molar refractivity (Wildman–Crippen MR) is 58.2 cm³/mol. The van der Waals surface area contributed by atoms with Gasteiger partial charge < -0.3 is 0 Å². The van der Waals surface area contributed by atoms with Gasteiger partial charge in [0.2, 0.25) is 0 Å². The number of hydrogen-bond acceptors (Lipinski definition) is 3. The van der Waals surface area contributed by atoms with Crippen molar-refractivity contribution >= 4 is 0 Å². The molecule has 4 saturated carbocycles. The molecule has 16 heavy (non-hydrogen) atoms. The molecule has 1 aromatic heterocycles. The lowest BCUT2D eigenvalue weighted by Gasteiger charge is -2.56. The van der Waals surface area contributed by atoms with Gasteiger partial charge in [0.1, 0.15) is 0 Å². The lowest BCUT2D eigenvalue weighted by atomic mass is 9.49. The quantitative estimate of drug-likeness (QED) is 0.821. The first-order valence-corrected chi connectivity index (χ1v) is 6.39. The van der Waals surface area contributed by atoms with E-state index < -0.39 is 0 Å². The highest BCUT2D eigenvalue weighted by Gasteiger charge is 2.51. The molecule has 2 unspecified atom stereocenters. The van der Waals surface area contributed by atoms with Crippen LogP contribution in [0.15, 0.2) is 0 Å². The summed E-state index contributed by atoms with van der Waals surface area (Å²) in [5.41, 5.74) is 0.509. The maximum absolute atomic E-state index is 4.13. The second-order valence-corrected chi connectivity index (χ2v) is 6.17. The minimum absolute atomic E-state index is 0.509. The minimum atomic E-state index is 0.509. The SMILES string of the molecule is [CH]1C2CC3CC1CC(Cc1nn[nH]n1)(C2)C3. The zero-order valence-electron chi connectivity index (χ0n) is 9.39. The Balaban J connectivity index is 1.62. The first-order valence-electron chi connectivity index (χ1n) is 6.39. The van der Waals surface area contributed by atoms with Crippen molar-refractivity contribution in [2.75, 3.05) is 0 Å². The van der Waals surface area contributed by atoms with Crippen molar-refractivity contribution in [3.05, 3.63) is 12.2 Å². The zero-order chi connectivity index (χ0) is 10.6. The van der Waals surface area contributed by atoms with Gasteiger partial charge in [0.15, 0.2) is 5.82 Å². The first-order chi connectivity index (χ1) is 7.81. The van der Waals surface area contributed by atoms with E-state index in [0.29, 0.717) is 5.41 Å². The molecule has 1 heterocycles. The molecular weight excluding hydrogens is 200 g/mol. The van der Waals surface area contributed by atoms with Gasteiger partial charge in [0.05, 0.1) is 0 Å². The van der Waals surface area contributed by atoms with Crippen molar-refractivity contribution in [2.24, 2.45) is 23.2 Å². The van der Waals surface area contributed by atoms with Crippen LogP contribution in [0, 0.1) is 29.6 Å². The molecule has 4 aliphatic rings. The van der Waals surface area contributed by atoms with Crippen LogP contribution in [0.2, 0.25) is 0 Å². The number of hydrogen-bond donors (Lipinski definition) is 1. The summed E-state index contributed by atoms with van der Waals surface area (Å²) in [6, 6.07) is 0. The lowest BCUT2D eigenvalue weighted by Crippen LogP contribution is -2.47. The number of nitrogens with one attached hydrogen (secondary N) is 1. The molecule has 0 spiro atoms. The fourth-order valence-electron chi connectivity index (χ4n) is 4.75. The van der Waals surface area contributed by atoms with Gasteiger partial charge in [-0.05, 0) is 61.7 Å². The summed E-state index contributed by atoms with van der Waals surface area (Å²) in [5, 5.41) is 14.5. The highest BCUT2D eigenvalue weighted by Crippen LogP contribution is 2.60. The third-order valence-corrected chi connectivity index (χ3v) is 4.85. The van der Waals surface area contributed by atoms with Crippen LogP contribution in [0.4, 0.5) is 0 Å². The van der Waals surface area contributed by atoms with Crippen LogP contribution >= 0.6 is 0 Å². The van der Waals surface area contributed by atoms with Gasteiger partial charge in [-0.2, -0.15) is 5.21 Å². The van der Waals surface area contributed by atoms with Crippen molar-refractivity contribution < 1.29 is 0 Å². The topological polar surface area (TPSA) is 54.5 Å². The highest BCUT2D eigenvalue weighted by molar-refractivity contribution is 5.10. The van der Waals surface area contributed by atoms with E-state index in [1.54, 1.807) is 0 Å². The molecule has 4 nitrogen and oxygen atoms in total. The number of aromatic amines is 1. The third kappa shape index (κ3) is 1.31. The molecule has 4 aliphatic carbocycles. The fraction of sp³-hybridized carbons (Fsp3) is 0.833. The Kier molecular flexibility index (Phi) is 1.74. The Morgan fingerprint density at radius 1 is 1.25 bits per heavy atom. The average Bonchev–Trinajstić information content (AvgIpc) is 2.66. The van der Waals surface area contributed by atoms with E-state index in [0.717, 1.165) is 30.0 Å². The standard InChI is InChI=1S/C12H17N4/c1-8-2-10-3-9(1)5-12(4-8,6-10)7-11-13-15-16-14-11/h1,8-10H,2-7H2,(H,13,14,15,16). The van der Waals surface area contributed by atoms with E-state index in [-0.39, 0.29) is 0 Å². The van der Waals surface area contributed by atoms with Gasteiger partial charge in [0, 0.05) is 6.42 Å². The second-order valence-electron chi connectivity index (χ2n) is 6.17. The molecule has 2 atom stereocenters. The van der Waals surface area contributed by atoms with E-state index in [1.165, 1.54) is 32.1 Å². The summed E-state index contributed by atoms with van der Waals surface area (Å²) in [6.07, 6.45) is 10.7. The highest BCUT2D eigenvalue weighted by atomic mass is 15.5. The Hall–Kier alpha value is -0.930. The Morgan fingerprint density at radius 3 is 2.69 bits per heavy atom. The molecule has 5 rings (SSSR count). The van der Waals surface area contributed by atoms with Crippen LogP contribution in [0.25, 0.3) is 0 Å². The summed E-state index contributed by atoms with van der Waals surface area (Å²) in [4.78, 5) is 0. The molecule has 1 aromatic rings. The monoisotopic (exact) mass is 217 g/mol. The van der Waals surface area contributed by atoms with E-state index in [1.807, 2.05) is 0 Å². The summed E-state index contributed by atoms with van der Waals surface area (Å²) in [5.74, 6) is 3.67. The van der Waals surface area contributed by atoms with Crippen LogP contribution in [-0.2, 0) is 6.42 Å². The summed E-state index contributed by atoms with van der Waals surface area (Å²) < 4.78 is 0. The molecule has 0 aliphatic heterocycles. The van der Waals surface area contributed by atoms with Crippen LogP contribution in [0.1, 0.15) is 37.9 Å². The Labute approximate surface area is 95.2 Å². The lowest BCUT2D eigenvalue weighted by molar-refractivity contribution is -0.0188. The summed E-state index contributed by atoms with van der Waals surface area (Å²) in [7, 11) is 0. The molecule has 0 saturated heterocycles. The predicted octanol–water partition coefficient (Wildman–Crippen LogP) is 1.77. The Bertz CT molecular complexity index is 348. The van der Waals surface area contributed by atoms with E-state index in [2.05, 4.69) is 27.0 Å². The fourth-order valence-corrected chi connectivity index (χ4v) is 4.75. The molecule has 0 aromatic carbocycles. The van der Waals surface area contributed by atoms with Crippen LogP contribution in [0.5, 0.6) is 0 Å². The molecule has 4 fully saturated rings. The van der Waals surface area contributed by atoms with E-state index >= 15 is 0 Å². The number of tetrazole rings is 1. The van der Waals surface area contributed by atoms with Crippen molar-refractivity contribution in [3.8, 4) is 0 Å². The van der Waals surface area contributed by atoms with Gasteiger partial charge in [-0.3, -0.25) is 0 Å². The molecule has 1 radical (unpaired) electrons. The van der Waals surface area contributed by atoms with Gasteiger partial charge in [-0.15, -0.1) is 10.2 Å². The second kappa shape index (κ2) is 3.05. The summed E-state index contributed by atoms with van der Waals surface area (Å²) in [6.45, 7) is 0. The van der Waals surface area contributed by atoms with Gasteiger partial charge >= 0.3 is 0 Å². The van der Waals surface area contributed by atoms with Crippen molar-refractivity contribution in [3.63, 3.8) is 0 Å². The van der Waals surface area contributed by atoms with Gasteiger partial charge in [-0.25, -0.2) is 0 Å². The molecule has 1 N–H and O–H groups in total. The van der Waals surface area contributed by atoms with Crippen molar-refractivity contribution in [1.29, 1.82) is 0 Å². The number of H-pyrrole nitrogens is 1. The number of rotatable bonds is 2. The van der Waals surface area contributed by atoms with Gasteiger partial charge in [-0.1, -0.05) is 5.21 Å². The van der Waals surface area contributed by atoms with Crippen LogP contribution in [0.3, 0.4) is 0 Å². The van der Waals surface area contributed by atoms with Crippen molar-refractivity contribution in [1.82, 2.24) is 20.6 Å². The molecule has 4 bridgehead atoms. The van der Waals surface area contributed by atoms with E-state index in [4.69, 9.17) is 0 Å². The molecule has 4 heteroatoms. The van der Waals surface area contributed by atoms with E-state index in [9.17, 15) is 0 Å². The first kappa shape index (κ1) is 9.14. The summed E-state index contributed by atoms with van der Waals surface area (Å²) >= 11 is 0.